The smallest absolute Gasteiger partial charge is 0.139 e. The van der Waals surface area contributed by atoms with Crippen LogP contribution in [0, 0.1) is 0 Å². The van der Waals surface area contributed by atoms with E-state index in [1.807, 2.05) is 6.07 Å². The molecule has 3 aromatic carbocycles. The van der Waals surface area contributed by atoms with Gasteiger partial charge in [0.05, 0.1) is 16.6 Å². The van der Waals surface area contributed by atoms with Gasteiger partial charge in [0.15, 0.2) is 0 Å². The lowest BCUT2D eigenvalue weighted by Crippen LogP contribution is -1.92. The summed E-state index contributed by atoms with van der Waals surface area (Å²) in [7, 11) is 0. The molecule has 2 heterocycles. The highest BCUT2D eigenvalue weighted by atomic mass is 15.0. The minimum Gasteiger partial charge on any atom is -0.292 e. The van der Waals surface area contributed by atoms with Crippen molar-refractivity contribution in [1.82, 2.24) is 9.38 Å². The van der Waals surface area contributed by atoms with E-state index in [4.69, 9.17) is 4.98 Å². The van der Waals surface area contributed by atoms with E-state index in [9.17, 15) is 0 Å². The Kier molecular flexibility index (Phi) is 3.36. The highest BCUT2D eigenvalue weighted by Crippen LogP contribution is 2.34. The van der Waals surface area contributed by atoms with Gasteiger partial charge in [0.25, 0.3) is 0 Å². The number of aromatic nitrogens is 2. The summed E-state index contributed by atoms with van der Waals surface area (Å²) in [5.74, 6) is 0. The third-order valence-electron chi connectivity index (χ3n) is 4.89. The molecule has 5 aromatic rings. The fraction of sp³-hybridized carbons (Fsp3) is 0.0417. The maximum Gasteiger partial charge on any atom is 0.139 e. The van der Waals surface area contributed by atoms with Crippen LogP contribution in [0.15, 0.2) is 84.9 Å². The van der Waals surface area contributed by atoms with E-state index in [0.717, 1.165) is 16.7 Å². The lowest BCUT2D eigenvalue weighted by molar-refractivity contribution is 1.30. The Morgan fingerprint density at radius 1 is 0.769 bits per heavy atom. The van der Waals surface area contributed by atoms with Crippen LogP contribution in [0.5, 0.6) is 0 Å². The van der Waals surface area contributed by atoms with Crippen molar-refractivity contribution in [2.75, 3.05) is 0 Å². The Bertz CT molecular complexity index is 1290. The van der Waals surface area contributed by atoms with E-state index in [0.29, 0.717) is 0 Å². The van der Waals surface area contributed by atoms with E-state index < -0.39 is 0 Å². The van der Waals surface area contributed by atoms with Crippen molar-refractivity contribution in [3.63, 3.8) is 0 Å². The van der Waals surface area contributed by atoms with Crippen molar-refractivity contribution in [2.45, 2.75) is 6.92 Å². The number of hydrogen-bond donors (Lipinski definition) is 0. The molecule has 0 radical (unpaired) electrons. The minimum atomic E-state index is 0.982. The van der Waals surface area contributed by atoms with Crippen molar-refractivity contribution < 1.29 is 0 Å². The van der Waals surface area contributed by atoms with Gasteiger partial charge in [0.2, 0.25) is 0 Å². The van der Waals surface area contributed by atoms with Crippen LogP contribution in [0.1, 0.15) is 12.5 Å². The maximum absolute atomic E-state index is 4.87. The van der Waals surface area contributed by atoms with Gasteiger partial charge in [-0.1, -0.05) is 66.7 Å². The zero-order valence-corrected chi connectivity index (χ0v) is 14.6. The lowest BCUT2D eigenvalue weighted by atomic mass is 9.96. The highest BCUT2D eigenvalue weighted by molar-refractivity contribution is 6.01. The zero-order chi connectivity index (χ0) is 17.5. The second-order valence-electron chi connectivity index (χ2n) is 6.46. The molecule has 124 valence electrons. The molecule has 0 saturated carbocycles. The number of imidazole rings is 1. The number of allylic oxidation sites excluding steroid dienone is 1. The third kappa shape index (κ3) is 2.16. The number of para-hydroxylation sites is 3. The second-order valence-corrected chi connectivity index (χ2v) is 6.46. The summed E-state index contributed by atoms with van der Waals surface area (Å²) in [5.41, 5.74) is 8.01. The molecule has 5 rings (SSSR count). The Labute approximate surface area is 152 Å². The average Bonchev–Trinajstić information content (AvgIpc) is 3.07. The predicted molar refractivity (Wildman–Crippen MR) is 110 cm³/mol. The number of benzene rings is 3. The minimum absolute atomic E-state index is 0.982. The molecule has 0 spiro atoms. The first-order valence-corrected chi connectivity index (χ1v) is 8.88. The molecule has 0 saturated heterocycles. The Morgan fingerprint density at radius 3 is 2.38 bits per heavy atom. The molecule has 0 fully saturated rings. The summed E-state index contributed by atoms with van der Waals surface area (Å²) < 4.78 is 2.26. The highest BCUT2D eigenvalue weighted by Gasteiger charge is 2.13. The maximum atomic E-state index is 4.87. The van der Waals surface area contributed by atoms with E-state index in [1.165, 1.54) is 27.6 Å². The monoisotopic (exact) mass is 334 g/mol. The van der Waals surface area contributed by atoms with Crippen molar-refractivity contribution >= 4 is 33.7 Å². The molecular formula is C24H18N2. The van der Waals surface area contributed by atoms with Gasteiger partial charge in [-0.2, -0.15) is 0 Å². The van der Waals surface area contributed by atoms with Gasteiger partial charge in [-0.05, 0) is 47.9 Å². The number of fused-ring (bicyclic) bond motifs is 5. The van der Waals surface area contributed by atoms with Crippen LogP contribution in [0.2, 0.25) is 0 Å². The van der Waals surface area contributed by atoms with Crippen LogP contribution in [0.4, 0.5) is 0 Å². The molecule has 0 aliphatic heterocycles. The summed E-state index contributed by atoms with van der Waals surface area (Å²) in [6, 6.07) is 27.7. The first-order valence-electron chi connectivity index (χ1n) is 8.88. The standard InChI is InChI=1S/C24H18N2/c1-2-9-17-10-3-4-11-18(17)20-16-24-25-21-13-6-8-15-23(21)26(24)22-14-7-5-12-19(20)22/h2-16H,1H3/b9-2-. The van der Waals surface area contributed by atoms with Gasteiger partial charge < -0.3 is 0 Å². The van der Waals surface area contributed by atoms with Gasteiger partial charge in [0.1, 0.15) is 5.65 Å². The third-order valence-corrected chi connectivity index (χ3v) is 4.89. The lowest BCUT2D eigenvalue weighted by Gasteiger charge is -2.12. The molecular weight excluding hydrogens is 316 g/mol. The second kappa shape index (κ2) is 5.85. The quantitative estimate of drug-likeness (QED) is 0.368. The molecule has 2 aromatic heterocycles. The van der Waals surface area contributed by atoms with Crippen molar-refractivity contribution in [1.29, 1.82) is 0 Å². The first kappa shape index (κ1) is 14.9. The molecule has 0 atom stereocenters. The molecule has 2 nitrogen and oxygen atoms in total. The van der Waals surface area contributed by atoms with Gasteiger partial charge >= 0.3 is 0 Å². The fourth-order valence-corrected chi connectivity index (χ4v) is 3.79. The van der Waals surface area contributed by atoms with Crippen LogP contribution in [0.3, 0.4) is 0 Å². The largest absolute Gasteiger partial charge is 0.292 e. The van der Waals surface area contributed by atoms with Crippen LogP contribution in [-0.4, -0.2) is 9.38 Å². The summed E-state index contributed by atoms with van der Waals surface area (Å²) in [4.78, 5) is 4.87. The molecule has 0 unspecified atom stereocenters. The fourth-order valence-electron chi connectivity index (χ4n) is 3.79. The van der Waals surface area contributed by atoms with Gasteiger partial charge in [-0.15, -0.1) is 0 Å². The number of pyridine rings is 1. The van der Waals surface area contributed by atoms with Crippen molar-refractivity contribution in [2.24, 2.45) is 0 Å². The Morgan fingerprint density at radius 2 is 1.50 bits per heavy atom. The molecule has 0 bridgehead atoms. The topological polar surface area (TPSA) is 17.3 Å². The van der Waals surface area contributed by atoms with Crippen LogP contribution in [-0.2, 0) is 0 Å². The Hall–Kier alpha value is -3.39. The van der Waals surface area contributed by atoms with Gasteiger partial charge in [-0.25, -0.2) is 4.98 Å². The van der Waals surface area contributed by atoms with E-state index in [2.05, 4.69) is 96.3 Å². The summed E-state index contributed by atoms with van der Waals surface area (Å²) in [6.07, 6.45) is 4.25. The van der Waals surface area contributed by atoms with Crippen LogP contribution < -0.4 is 0 Å². The molecule has 2 heteroatoms. The first-order chi connectivity index (χ1) is 12.9. The van der Waals surface area contributed by atoms with Crippen LogP contribution >= 0.6 is 0 Å². The van der Waals surface area contributed by atoms with E-state index in [-0.39, 0.29) is 0 Å². The van der Waals surface area contributed by atoms with Gasteiger partial charge in [-0.3, -0.25) is 4.40 Å². The summed E-state index contributed by atoms with van der Waals surface area (Å²) >= 11 is 0. The molecule has 26 heavy (non-hydrogen) atoms. The molecule has 0 N–H and O–H groups in total. The number of nitrogens with zero attached hydrogens (tertiary/aromatic N) is 2. The van der Waals surface area contributed by atoms with E-state index >= 15 is 0 Å². The predicted octanol–water partition coefficient (Wildman–Crippen LogP) is 6.34. The SMILES string of the molecule is C/C=C\c1ccccc1-c1cc2nc3ccccc3n2c2ccccc12. The molecule has 0 amide bonds. The van der Waals surface area contributed by atoms with E-state index in [1.54, 1.807) is 0 Å². The summed E-state index contributed by atoms with van der Waals surface area (Å²) in [5, 5.41) is 1.24. The normalized spacial score (nSPS) is 11.9. The average molecular weight is 334 g/mol. The number of hydrogen-bond acceptors (Lipinski definition) is 1. The number of rotatable bonds is 2. The van der Waals surface area contributed by atoms with Crippen LogP contribution in [0.25, 0.3) is 44.8 Å². The van der Waals surface area contributed by atoms with Gasteiger partial charge in [0, 0.05) is 5.39 Å². The molecule has 0 aliphatic rings. The zero-order valence-electron chi connectivity index (χ0n) is 14.6. The van der Waals surface area contributed by atoms with Crippen molar-refractivity contribution in [3.05, 3.63) is 90.5 Å². The Balaban J connectivity index is 1.97. The van der Waals surface area contributed by atoms with Crippen molar-refractivity contribution in [3.8, 4) is 11.1 Å². The molecule has 0 aliphatic carbocycles. The summed E-state index contributed by atoms with van der Waals surface area (Å²) in [6.45, 7) is 2.05.